The van der Waals surface area contributed by atoms with Crippen molar-refractivity contribution in [3.05, 3.63) is 55.7 Å². The molecule has 3 rings (SSSR count). The second-order valence-corrected chi connectivity index (χ2v) is 6.47. The Morgan fingerprint density at radius 3 is 2.62 bits per heavy atom. The molecule has 3 aromatic rings. The summed E-state index contributed by atoms with van der Waals surface area (Å²) in [4.78, 5) is 30.1. The number of rotatable bonds is 6. The summed E-state index contributed by atoms with van der Waals surface area (Å²) in [5.41, 5.74) is 6.07. The van der Waals surface area contributed by atoms with Crippen LogP contribution in [0.4, 0.5) is 5.95 Å². The Balaban J connectivity index is 2.14. The lowest BCUT2D eigenvalue weighted by molar-refractivity contribution is 0.655. The standard InChI is InChI=1S/C17H21ClN6O2/c1-22-13-14(21-16(22)20-9-5-8-19)23(2)17(26)24(15(13)25)10-11-6-3-4-7-12(11)18/h3-4,6-7H,5,8-10,19H2,1-2H3,(H,20,21). The number of halogens is 1. The van der Waals surface area contributed by atoms with Gasteiger partial charge >= 0.3 is 5.69 Å². The van der Waals surface area contributed by atoms with Gasteiger partial charge in [0.25, 0.3) is 5.56 Å². The van der Waals surface area contributed by atoms with E-state index in [4.69, 9.17) is 17.3 Å². The van der Waals surface area contributed by atoms with Gasteiger partial charge < -0.3 is 15.6 Å². The van der Waals surface area contributed by atoms with Crippen LogP contribution in [0.2, 0.25) is 5.02 Å². The molecule has 0 amide bonds. The van der Waals surface area contributed by atoms with Gasteiger partial charge in [0.05, 0.1) is 6.54 Å². The molecule has 0 saturated carbocycles. The predicted molar refractivity (Wildman–Crippen MR) is 103 cm³/mol. The molecular weight excluding hydrogens is 356 g/mol. The molecule has 9 heteroatoms. The highest BCUT2D eigenvalue weighted by atomic mass is 35.5. The van der Waals surface area contributed by atoms with Crippen molar-refractivity contribution in [3.8, 4) is 0 Å². The molecule has 8 nitrogen and oxygen atoms in total. The smallest absolute Gasteiger partial charge is 0.332 e. The molecule has 138 valence electrons. The third kappa shape index (κ3) is 3.13. The number of aromatic nitrogens is 4. The number of hydrogen-bond acceptors (Lipinski definition) is 5. The van der Waals surface area contributed by atoms with Crippen LogP contribution in [0.15, 0.2) is 33.9 Å². The van der Waals surface area contributed by atoms with E-state index in [0.717, 1.165) is 6.42 Å². The fraction of sp³-hybridized carbons (Fsp3) is 0.353. The Labute approximate surface area is 154 Å². The summed E-state index contributed by atoms with van der Waals surface area (Å²) in [5.74, 6) is 0.524. The lowest BCUT2D eigenvalue weighted by Crippen LogP contribution is -2.39. The zero-order chi connectivity index (χ0) is 18.8. The number of benzene rings is 1. The molecule has 0 aliphatic carbocycles. The number of fused-ring (bicyclic) bond motifs is 1. The van der Waals surface area contributed by atoms with E-state index in [9.17, 15) is 9.59 Å². The van der Waals surface area contributed by atoms with Crippen LogP contribution in [-0.2, 0) is 20.6 Å². The van der Waals surface area contributed by atoms with Gasteiger partial charge in [-0.2, -0.15) is 4.98 Å². The topological polar surface area (TPSA) is 99.9 Å². The van der Waals surface area contributed by atoms with Crippen LogP contribution in [0.3, 0.4) is 0 Å². The van der Waals surface area contributed by atoms with Crippen molar-refractivity contribution < 1.29 is 0 Å². The summed E-state index contributed by atoms with van der Waals surface area (Å²) in [6.07, 6.45) is 0.777. The lowest BCUT2D eigenvalue weighted by Gasteiger charge is -2.10. The Hall–Kier alpha value is -2.58. The van der Waals surface area contributed by atoms with Crippen LogP contribution in [0, 0.1) is 0 Å². The highest BCUT2D eigenvalue weighted by molar-refractivity contribution is 6.31. The van der Waals surface area contributed by atoms with Crippen LogP contribution in [0.5, 0.6) is 0 Å². The van der Waals surface area contributed by atoms with Crippen LogP contribution < -0.4 is 22.3 Å². The first kappa shape index (κ1) is 18.2. The minimum Gasteiger partial charge on any atom is -0.356 e. The van der Waals surface area contributed by atoms with Crippen molar-refractivity contribution in [2.24, 2.45) is 19.8 Å². The molecule has 0 saturated heterocycles. The van der Waals surface area contributed by atoms with E-state index in [1.165, 1.54) is 9.13 Å². The summed E-state index contributed by atoms with van der Waals surface area (Å²) in [6, 6.07) is 7.14. The molecule has 2 heterocycles. The summed E-state index contributed by atoms with van der Waals surface area (Å²) < 4.78 is 4.22. The highest BCUT2D eigenvalue weighted by Crippen LogP contribution is 2.16. The Morgan fingerprint density at radius 1 is 1.19 bits per heavy atom. The van der Waals surface area contributed by atoms with Crippen molar-refractivity contribution in [3.63, 3.8) is 0 Å². The predicted octanol–water partition coefficient (Wildman–Crippen LogP) is 0.896. The van der Waals surface area contributed by atoms with Gasteiger partial charge in [-0.15, -0.1) is 0 Å². The van der Waals surface area contributed by atoms with Gasteiger partial charge in [0.15, 0.2) is 11.2 Å². The third-order valence-electron chi connectivity index (χ3n) is 4.31. The fourth-order valence-corrected chi connectivity index (χ4v) is 3.04. The monoisotopic (exact) mass is 376 g/mol. The third-order valence-corrected chi connectivity index (χ3v) is 4.68. The number of imidazole rings is 1. The maximum atomic E-state index is 13.0. The first-order valence-corrected chi connectivity index (χ1v) is 8.67. The van der Waals surface area contributed by atoms with E-state index in [0.29, 0.717) is 40.8 Å². The number of hydrogen-bond donors (Lipinski definition) is 2. The number of nitrogens with two attached hydrogens (primary N) is 1. The SMILES string of the molecule is Cn1c(NCCCN)nc2c1c(=O)n(Cc1ccccc1Cl)c(=O)n2C. The van der Waals surface area contributed by atoms with E-state index >= 15 is 0 Å². The summed E-state index contributed by atoms with van der Waals surface area (Å²) in [7, 11) is 3.34. The van der Waals surface area contributed by atoms with Crippen molar-refractivity contribution in [1.82, 2.24) is 18.7 Å². The summed E-state index contributed by atoms with van der Waals surface area (Å²) >= 11 is 6.18. The van der Waals surface area contributed by atoms with Gasteiger partial charge in [-0.25, -0.2) is 4.79 Å². The van der Waals surface area contributed by atoms with Gasteiger partial charge in [0.2, 0.25) is 5.95 Å². The number of nitrogens with one attached hydrogen (secondary N) is 1. The van der Waals surface area contributed by atoms with E-state index in [1.54, 1.807) is 36.9 Å². The Bertz CT molecular complexity index is 1070. The van der Waals surface area contributed by atoms with E-state index in [2.05, 4.69) is 10.3 Å². The van der Waals surface area contributed by atoms with Crippen LogP contribution in [-0.4, -0.2) is 31.8 Å². The second kappa shape index (κ2) is 7.35. The van der Waals surface area contributed by atoms with Crippen molar-refractivity contribution in [1.29, 1.82) is 0 Å². The molecule has 0 fully saturated rings. The summed E-state index contributed by atoms with van der Waals surface area (Å²) in [5, 5.41) is 3.65. The Kier molecular flexibility index (Phi) is 5.15. The molecule has 2 aromatic heterocycles. The summed E-state index contributed by atoms with van der Waals surface area (Å²) in [6.45, 7) is 1.29. The minimum atomic E-state index is -0.436. The van der Waals surface area contributed by atoms with Gasteiger partial charge in [0.1, 0.15) is 0 Å². The van der Waals surface area contributed by atoms with E-state index in [-0.39, 0.29) is 6.54 Å². The first-order chi connectivity index (χ1) is 12.5. The lowest BCUT2D eigenvalue weighted by atomic mass is 10.2. The molecule has 0 aliphatic heterocycles. The molecular formula is C17H21ClN6O2. The minimum absolute atomic E-state index is 0.0994. The largest absolute Gasteiger partial charge is 0.356 e. The highest BCUT2D eigenvalue weighted by Gasteiger charge is 2.18. The van der Waals surface area contributed by atoms with Gasteiger partial charge in [0, 0.05) is 25.7 Å². The normalized spacial score (nSPS) is 11.2. The molecule has 0 unspecified atom stereocenters. The molecule has 3 N–H and O–H groups in total. The molecule has 0 radical (unpaired) electrons. The molecule has 0 spiro atoms. The second-order valence-electron chi connectivity index (χ2n) is 6.06. The van der Waals surface area contributed by atoms with Gasteiger partial charge in [-0.3, -0.25) is 13.9 Å². The molecule has 0 atom stereocenters. The molecule has 0 aliphatic rings. The maximum Gasteiger partial charge on any atom is 0.332 e. The first-order valence-electron chi connectivity index (χ1n) is 8.29. The average molecular weight is 377 g/mol. The Morgan fingerprint density at radius 2 is 1.92 bits per heavy atom. The van der Waals surface area contributed by atoms with Crippen molar-refractivity contribution >= 4 is 28.7 Å². The molecule has 0 bridgehead atoms. The fourth-order valence-electron chi connectivity index (χ4n) is 2.84. The van der Waals surface area contributed by atoms with E-state index in [1.807, 2.05) is 6.07 Å². The number of nitrogens with zero attached hydrogens (tertiary/aromatic N) is 4. The van der Waals surface area contributed by atoms with Gasteiger partial charge in [-0.05, 0) is 24.6 Å². The van der Waals surface area contributed by atoms with Crippen LogP contribution in [0.25, 0.3) is 11.2 Å². The quantitative estimate of drug-likeness (QED) is 0.622. The maximum absolute atomic E-state index is 13.0. The van der Waals surface area contributed by atoms with Gasteiger partial charge in [-0.1, -0.05) is 29.8 Å². The van der Waals surface area contributed by atoms with Crippen molar-refractivity contribution in [2.45, 2.75) is 13.0 Å². The van der Waals surface area contributed by atoms with Crippen molar-refractivity contribution in [2.75, 3.05) is 18.4 Å². The zero-order valence-electron chi connectivity index (χ0n) is 14.7. The zero-order valence-corrected chi connectivity index (χ0v) is 15.5. The van der Waals surface area contributed by atoms with E-state index < -0.39 is 11.2 Å². The van der Waals surface area contributed by atoms with Crippen LogP contribution in [0.1, 0.15) is 12.0 Å². The number of anilines is 1. The average Bonchev–Trinajstić information content (AvgIpc) is 2.95. The van der Waals surface area contributed by atoms with Crippen LogP contribution >= 0.6 is 11.6 Å². The molecule has 26 heavy (non-hydrogen) atoms. The molecule has 1 aromatic carbocycles. The number of aryl methyl sites for hydroxylation is 2.